The normalized spacial score (nSPS) is 11.2. The molecule has 0 saturated carbocycles. The predicted octanol–water partition coefficient (Wildman–Crippen LogP) is 3.72. The molecule has 1 aromatic heterocycles. The van der Waals surface area contributed by atoms with Crippen LogP contribution in [-0.2, 0) is 10.0 Å². The molecule has 4 aromatic rings. The molecule has 0 bridgehead atoms. The lowest BCUT2D eigenvalue weighted by Gasteiger charge is -2.18. The monoisotopic (exact) mass is 496 g/mol. The molecule has 182 valence electrons. The predicted molar refractivity (Wildman–Crippen MR) is 132 cm³/mol. The van der Waals surface area contributed by atoms with Crippen LogP contribution in [0.4, 0.5) is 11.5 Å². The molecule has 4 rings (SSSR count). The molecule has 0 spiro atoms. The Morgan fingerprint density at radius 3 is 1.89 bits per heavy atom. The van der Waals surface area contributed by atoms with Crippen molar-refractivity contribution in [3.63, 3.8) is 0 Å². The van der Waals surface area contributed by atoms with Crippen molar-refractivity contribution in [2.75, 3.05) is 33.8 Å². The first kappa shape index (κ1) is 24.0. The van der Waals surface area contributed by atoms with Crippen molar-refractivity contribution < 1.29 is 27.4 Å². The number of methoxy groups -OCH3 is 4. The second-order valence-corrected chi connectivity index (χ2v) is 8.92. The van der Waals surface area contributed by atoms with Crippen LogP contribution in [0.1, 0.15) is 0 Å². The van der Waals surface area contributed by atoms with Gasteiger partial charge in [0.05, 0.1) is 45.0 Å². The van der Waals surface area contributed by atoms with Gasteiger partial charge in [-0.1, -0.05) is 12.1 Å². The number of hydrogen-bond donors (Lipinski definition) is 2. The van der Waals surface area contributed by atoms with E-state index in [4.69, 9.17) is 34.1 Å². The molecule has 0 unspecified atom stereocenters. The number of primary sulfonamides is 1. The molecule has 0 aliphatic rings. The van der Waals surface area contributed by atoms with Gasteiger partial charge in [0.15, 0.2) is 5.82 Å². The second kappa shape index (κ2) is 9.65. The van der Waals surface area contributed by atoms with Gasteiger partial charge in [-0.15, -0.1) is 0 Å². The number of ether oxygens (including phenoxy) is 4. The fourth-order valence-corrected chi connectivity index (χ4v) is 4.32. The number of nitrogens with two attached hydrogens (primary N) is 1. The highest BCUT2D eigenvalue weighted by molar-refractivity contribution is 7.89. The third kappa shape index (κ3) is 4.91. The molecule has 0 amide bonds. The maximum Gasteiger partial charge on any atom is 0.241 e. The molecule has 10 nitrogen and oxygen atoms in total. The first-order valence-corrected chi connectivity index (χ1v) is 11.9. The molecule has 0 aliphatic heterocycles. The largest absolute Gasteiger partial charge is 0.497 e. The van der Waals surface area contributed by atoms with Crippen molar-refractivity contribution in [1.82, 2.24) is 9.97 Å². The van der Waals surface area contributed by atoms with E-state index >= 15 is 0 Å². The molecule has 3 N–H and O–H groups in total. The fraction of sp³-hybridized carbons (Fsp3) is 0.167. The summed E-state index contributed by atoms with van der Waals surface area (Å²) in [6.07, 6.45) is 0. The highest BCUT2D eigenvalue weighted by atomic mass is 32.2. The van der Waals surface area contributed by atoms with Crippen molar-refractivity contribution >= 4 is 32.6 Å². The molecule has 11 heteroatoms. The van der Waals surface area contributed by atoms with Crippen molar-refractivity contribution in [3.8, 4) is 34.3 Å². The van der Waals surface area contributed by atoms with Crippen LogP contribution in [0.5, 0.6) is 23.0 Å². The lowest BCUT2D eigenvalue weighted by molar-refractivity contribution is 0.394. The van der Waals surface area contributed by atoms with Gasteiger partial charge in [0.1, 0.15) is 33.6 Å². The van der Waals surface area contributed by atoms with E-state index in [1.165, 1.54) is 20.3 Å². The lowest BCUT2D eigenvalue weighted by Crippen LogP contribution is -2.14. The van der Waals surface area contributed by atoms with Crippen LogP contribution in [0.2, 0.25) is 0 Å². The third-order valence-corrected chi connectivity index (χ3v) is 6.13. The topological polar surface area (TPSA) is 135 Å². The quantitative estimate of drug-likeness (QED) is 0.374. The van der Waals surface area contributed by atoms with E-state index in [2.05, 4.69) is 5.32 Å². The highest BCUT2D eigenvalue weighted by Crippen LogP contribution is 2.42. The Balaban J connectivity index is 2.01. The fourth-order valence-electron chi connectivity index (χ4n) is 3.58. The van der Waals surface area contributed by atoms with Crippen molar-refractivity contribution in [2.24, 2.45) is 5.14 Å². The van der Waals surface area contributed by atoms with E-state index < -0.39 is 10.0 Å². The van der Waals surface area contributed by atoms with Crippen LogP contribution >= 0.6 is 0 Å². The van der Waals surface area contributed by atoms with Crippen LogP contribution in [0.15, 0.2) is 59.5 Å². The van der Waals surface area contributed by atoms with Crippen LogP contribution in [0, 0.1) is 0 Å². The average molecular weight is 497 g/mol. The van der Waals surface area contributed by atoms with Gasteiger partial charge in [-0.05, 0) is 18.2 Å². The summed E-state index contributed by atoms with van der Waals surface area (Å²) in [7, 11) is 1.73. The van der Waals surface area contributed by atoms with E-state index in [0.29, 0.717) is 45.3 Å². The minimum Gasteiger partial charge on any atom is -0.497 e. The molecule has 0 atom stereocenters. The van der Waals surface area contributed by atoms with Gasteiger partial charge in [-0.3, -0.25) is 0 Å². The van der Waals surface area contributed by atoms with Crippen molar-refractivity contribution in [2.45, 2.75) is 4.90 Å². The number of rotatable bonds is 8. The summed E-state index contributed by atoms with van der Waals surface area (Å²) >= 11 is 0. The van der Waals surface area contributed by atoms with Gasteiger partial charge in [-0.2, -0.15) is 0 Å². The number of nitrogens with one attached hydrogen (secondary N) is 1. The Bertz CT molecular complexity index is 1490. The molecule has 0 aliphatic carbocycles. The molecule has 35 heavy (non-hydrogen) atoms. The molecule has 0 radical (unpaired) electrons. The molecular formula is C24H24N4O6S. The van der Waals surface area contributed by atoms with E-state index in [0.717, 1.165) is 0 Å². The summed E-state index contributed by atoms with van der Waals surface area (Å²) in [5.74, 6) is 1.75. The summed E-state index contributed by atoms with van der Waals surface area (Å²) in [4.78, 5) is 9.29. The number of anilines is 2. The number of sulfonamides is 1. The number of fused-ring (bicyclic) bond motifs is 1. The van der Waals surface area contributed by atoms with Gasteiger partial charge >= 0.3 is 0 Å². The number of nitrogens with zero attached hydrogens (tertiary/aromatic N) is 2. The number of para-hydroxylation sites is 2. The molecule has 1 heterocycles. The first-order chi connectivity index (χ1) is 16.8. The van der Waals surface area contributed by atoms with E-state index in [9.17, 15) is 8.42 Å². The van der Waals surface area contributed by atoms with Gasteiger partial charge in [0.25, 0.3) is 0 Å². The molecule has 3 aromatic carbocycles. The first-order valence-electron chi connectivity index (χ1n) is 10.3. The standard InChI is InChI=1S/C24H24N4O6S/c1-31-15-9-14(10-16(11-15)32-2)26-24-22(27-19-7-5-6-8-20(19)28-24)18-12-17(33-3)13-21(23(18)34-4)35(25,29)30/h5-13H,1-4H3,(H,26,28)(H2,25,29,30). The number of aromatic nitrogens is 2. The van der Waals surface area contributed by atoms with Crippen LogP contribution in [0.25, 0.3) is 22.3 Å². The Hall–Kier alpha value is -4.09. The van der Waals surface area contributed by atoms with E-state index in [1.807, 2.05) is 18.2 Å². The van der Waals surface area contributed by atoms with Crippen LogP contribution in [-0.4, -0.2) is 46.8 Å². The zero-order valence-corrected chi connectivity index (χ0v) is 20.3. The van der Waals surface area contributed by atoms with Crippen molar-refractivity contribution in [1.29, 1.82) is 0 Å². The minimum absolute atomic E-state index is 0.0177. The average Bonchev–Trinajstić information content (AvgIpc) is 2.86. The van der Waals surface area contributed by atoms with Gasteiger partial charge in [0, 0.05) is 30.0 Å². The zero-order chi connectivity index (χ0) is 25.2. The second-order valence-electron chi connectivity index (χ2n) is 7.39. The lowest BCUT2D eigenvalue weighted by atomic mass is 10.1. The third-order valence-electron chi connectivity index (χ3n) is 5.21. The summed E-state index contributed by atoms with van der Waals surface area (Å²) in [6.45, 7) is 0. The zero-order valence-electron chi connectivity index (χ0n) is 19.5. The SMILES string of the molecule is COc1cc(Nc2nc3ccccc3nc2-c2cc(OC)cc(S(N)(=O)=O)c2OC)cc(OC)c1. The molecular weight excluding hydrogens is 472 g/mol. The number of hydrogen-bond acceptors (Lipinski definition) is 9. The van der Waals surface area contributed by atoms with Gasteiger partial charge in [-0.25, -0.2) is 23.5 Å². The molecule has 0 fully saturated rings. The maximum absolute atomic E-state index is 12.4. The summed E-state index contributed by atoms with van der Waals surface area (Å²) in [6, 6.07) is 15.5. The Morgan fingerprint density at radius 1 is 0.771 bits per heavy atom. The van der Waals surface area contributed by atoms with Crippen molar-refractivity contribution in [3.05, 3.63) is 54.6 Å². The summed E-state index contributed by atoms with van der Waals surface area (Å²) < 4.78 is 46.3. The van der Waals surface area contributed by atoms with Crippen LogP contribution in [0.3, 0.4) is 0 Å². The summed E-state index contributed by atoms with van der Waals surface area (Å²) in [5.41, 5.74) is 2.48. The summed E-state index contributed by atoms with van der Waals surface area (Å²) in [5, 5.41) is 8.73. The van der Waals surface area contributed by atoms with E-state index in [-0.39, 0.29) is 16.4 Å². The highest BCUT2D eigenvalue weighted by Gasteiger charge is 2.25. The number of benzene rings is 3. The van der Waals surface area contributed by atoms with Gasteiger partial charge in [0.2, 0.25) is 10.0 Å². The van der Waals surface area contributed by atoms with Gasteiger partial charge < -0.3 is 24.3 Å². The van der Waals surface area contributed by atoms with E-state index in [1.54, 1.807) is 44.6 Å². The smallest absolute Gasteiger partial charge is 0.241 e. The minimum atomic E-state index is -4.15. The Morgan fingerprint density at radius 2 is 1.34 bits per heavy atom. The maximum atomic E-state index is 12.4. The Kier molecular flexibility index (Phi) is 6.63. The molecule has 0 saturated heterocycles. The Labute approximate surface area is 202 Å². The van der Waals surface area contributed by atoms with Crippen LogP contribution < -0.4 is 29.4 Å².